The van der Waals surface area contributed by atoms with Gasteiger partial charge in [0.1, 0.15) is 5.82 Å². The van der Waals surface area contributed by atoms with Crippen LogP contribution < -0.4 is 5.56 Å². The predicted octanol–water partition coefficient (Wildman–Crippen LogP) is 2.37. The predicted molar refractivity (Wildman–Crippen MR) is 81.6 cm³/mol. The summed E-state index contributed by atoms with van der Waals surface area (Å²) in [7, 11) is 0. The molecule has 0 aliphatic rings. The second-order valence-corrected chi connectivity index (χ2v) is 5.49. The number of fused-ring (bicyclic) bond motifs is 1. The quantitative estimate of drug-likeness (QED) is 0.741. The Kier molecular flexibility index (Phi) is 3.33. The van der Waals surface area contributed by atoms with Crippen molar-refractivity contribution in [3.63, 3.8) is 0 Å². The molecule has 2 heterocycles. The first-order chi connectivity index (χ1) is 10.1. The smallest absolute Gasteiger partial charge is 0.267 e. The number of aryl methyl sites for hydroxylation is 1. The van der Waals surface area contributed by atoms with E-state index in [1.807, 2.05) is 55.8 Å². The molecule has 0 aliphatic heterocycles. The van der Waals surface area contributed by atoms with Crippen molar-refractivity contribution in [1.82, 2.24) is 19.2 Å². The summed E-state index contributed by atoms with van der Waals surface area (Å²) >= 11 is 0. The van der Waals surface area contributed by atoms with Crippen molar-refractivity contribution in [1.29, 1.82) is 0 Å². The highest BCUT2D eigenvalue weighted by molar-refractivity contribution is 5.30. The third-order valence-corrected chi connectivity index (χ3v) is 3.54. The van der Waals surface area contributed by atoms with Crippen LogP contribution in [0.25, 0.3) is 5.78 Å². The van der Waals surface area contributed by atoms with Crippen LogP contribution in [0.3, 0.4) is 0 Å². The Bertz CT molecular complexity index is 831. The highest BCUT2D eigenvalue weighted by atomic mass is 16.1. The molecule has 0 bridgehead atoms. The summed E-state index contributed by atoms with van der Waals surface area (Å²) in [6.45, 7) is 6.54. The van der Waals surface area contributed by atoms with Crippen molar-refractivity contribution in [3.05, 3.63) is 63.8 Å². The lowest BCUT2D eigenvalue weighted by Gasteiger charge is -2.08. The fraction of sp³-hybridized carbons (Fsp3) is 0.312. The molecule has 2 aromatic heterocycles. The van der Waals surface area contributed by atoms with Crippen molar-refractivity contribution in [2.45, 2.75) is 33.2 Å². The van der Waals surface area contributed by atoms with Gasteiger partial charge in [-0.3, -0.25) is 9.48 Å². The van der Waals surface area contributed by atoms with E-state index in [1.165, 1.54) is 0 Å². The van der Waals surface area contributed by atoms with Crippen LogP contribution in [0.2, 0.25) is 0 Å². The van der Waals surface area contributed by atoms with E-state index in [0.29, 0.717) is 12.3 Å². The summed E-state index contributed by atoms with van der Waals surface area (Å²) in [4.78, 5) is 21.3. The third-order valence-electron chi connectivity index (χ3n) is 3.54. The second kappa shape index (κ2) is 5.16. The lowest BCUT2D eigenvalue weighted by Crippen LogP contribution is -2.23. The molecule has 0 saturated carbocycles. The Morgan fingerprint density at radius 3 is 2.52 bits per heavy atom. The van der Waals surface area contributed by atoms with Crippen molar-refractivity contribution in [3.8, 4) is 0 Å². The Morgan fingerprint density at radius 2 is 1.86 bits per heavy atom. The van der Waals surface area contributed by atoms with Crippen LogP contribution in [-0.4, -0.2) is 19.2 Å². The molecule has 0 atom stereocenters. The average Bonchev–Trinajstić information content (AvgIpc) is 2.76. The molecule has 0 fully saturated rings. The van der Waals surface area contributed by atoms with Gasteiger partial charge < -0.3 is 0 Å². The normalized spacial score (nSPS) is 11.4. The van der Waals surface area contributed by atoms with Gasteiger partial charge in [-0.25, -0.2) is 4.98 Å². The van der Waals surface area contributed by atoms with Gasteiger partial charge in [-0.15, -0.1) is 0 Å². The maximum Gasteiger partial charge on any atom is 0.274 e. The summed E-state index contributed by atoms with van der Waals surface area (Å²) in [6.07, 6.45) is 0. The molecule has 21 heavy (non-hydrogen) atoms. The maximum atomic E-state index is 12.4. The topological polar surface area (TPSA) is 52.2 Å². The van der Waals surface area contributed by atoms with Gasteiger partial charge in [0.25, 0.3) is 11.3 Å². The van der Waals surface area contributed by atoms with Gasteiger partial charge in [0.05, 0.1) is 12.2 Å². The molecule has 3 rings (SSSR count). The van der Waals surface area contributed by atoms with E-state index < -0.39 is 0 Å². The van der Waals surface area contributed by atoms with E-state index in [0.717, 1.165) is 17.1 Å². The lowest BCUT2D eigenvalue weighted by molar-refractivity contribution is 0.598. The zero-order chi connectivity index (χ0) is 15.0. The lowest BCUT2D eigenvalue weighted by atomic mass is 10.1. The van der Waals surface area contributed by atoms with Crippen molar-refractivity contribution < 1.29 is 0 Å². The first kappa shape index (κ1) is 13.5. The minimum absolute atomic E-state index is 0.0831. The standard InChI is InChI=1S/C16H18N4O/c1-11(2)14-9-15(21)20-16(18-14)17-12(3)19(20)10-13-7-5-4-6-8-13/h4-9,11H,10H2,1-3H3. The molecule has 5 heteroatoms. The average molecular weight is 282 g/mol. The third kappa shape index (κ3) is 2.46. The maximum absolute atomic E-state index is 12.4. The number of hydrogen-bond donors (Lipinski definition) is 0. The monoisotopic (exact) mass is 282 g/mol. The van der Waals surface area contributed by atoms with Gasteiger partial charge in [-0.1, -0.05) is 44.2 Å². The van der Waals surface area contributed by atoms with Crippen LogP contribution in [0, 0.1) is 6.92 Å². The number of aromatic nitrogens is 4. The molecule has 0 amide bonds. The van der Waals surface area contributed by atoms with Gasteiger partial charge in [-0.2, -0.15) is 9.50 Å². The van der Waals surface area contributed by atoms with Gasteiger partial charge in [0.15, 0.2) is 0 Å². The summed E-state index contributed by atoms with van der Waals surface area (Å²) in [5.41, 5.74) is 1.82. The second-order valence-electron chi connectivity index (χ2n) is 5.49. The molecular formula is C16H18N4O. The van der Waals surface area contributed by atoms with Crippen LogP contribution in [-0.2, 0) is 6.54 Å². The highest BCUT2D eigenvalue weighted by Crippen LogP contribution is 2.11. The fourth-order valence-corrected chi connectivity index (χ4v) is 2.37. The molecule has 0 saturated heterocycles. The summed E-state index contributed by atoms with van der Waals surface area (Å²) < 4.78 is 3.42. The number of hydrogen-bond acceptors (Lipinski definition) is 3. The Hall–Kier alpha value is -2.43. The van der Waals surface area contributed by atoms with Gasteiger partial charge >= 0.3 is 0 Å². The van der Waals surface area contributed by atoms with Gasteiger partial charge in [0.2, 0.25) is 0 Å². The Balaban J connectivity index is 2.15. The SMILES string of the molecule is Cc1nc2nc(C(C)C)cc(=O)n2n1Cc1ccccc1. The van der Waals surface area contributed by atoms with E-state index in [-0.39, 0.29) is 11.5 Å². The van der Waals surface area contributed by atoms with E-state index in [9.17, 15) is 4.79 Å². The minimum Gasteiger partial charge on any atom is -0.267 e. The molecule has 3 aromatic rings. The molecule has 0 aliphatic carbocycles. The summed E-state index contributed by atoms with van der Waals surface area (Å²) in [5, 5.41) is 0. The molecule has 1 aromatic carbocycles. The molecule has 0 radical (unpaired) electrons. The minimum atomic E-state index is -0.0831. The molecule has 108 valence electrons. The van der Waals surface area contributed by atoms with Gasteiger partial charge in [-0.05, 0) is 18.4 Å². The highest BCUT2D eigenvalue weighted by Gasteiger charge is 2.13. The van der Waals surface area contributed by atoms with Crippen LogP contribution in [0.15, 0.2) is 41.2 Å². The van der Waals surface area contributed by atoms with Crippen molar-refractivity contribution >= 4 is 5.78 Å². The zero-order valence-corrected chi connectivity index (χ0v) is 12.4. The van der Waals surface area contributed by atoms with Gasteiger partial charge in [0, 0.05) is 6.07 Å². The summed E-state index contributed by atoms with van der Waals surface area (Å²) in [6, 6.07) is 11.6. The number of benzene rings is 1. The van der Waals surface area contributed by atoms with E-state index >= 15 is 0 Å². The van der Waals surface area contributed by atoms with Crippen LogP contribution in [0.5, 0.6) is 0 Å². The van der Waals surface area contributed by atoms with Crippen molar-refractivity contribution in [2.75, 3.05) is 0 Å². The first-order valence-corrected chi connectivity index (χ1v) is 7.07. The Labute approximate surface area is 122 Å². The summed E-state index contributed by atoms with van der Waals surface area (Å²) in [5.74, 6) is 1.46. The van der Waals surface area contributed by atoms with Crippen molar-refractivity contribution in [2.24, 2.45) is 0 Å². The molecule has 5 nitrogen and oxygen atoms in total. The van der Waals surface area contributed by atoms with Crippen LogP contribution in [0.1, 0.15) is 36.8 Å². The zero-order valence-electron chi connectivity index (χ0n) is 12.4. The van der Waals surface area contributed by atoms with E-state index in [4.69, 9.17) is 0 Å². The van der Waals surface area contributed by atoms with Crippen LogP contribution in [0.4, 0.5) is 0 Å². The number of nitrogens with zero attached hydrogens (tertiary/aromatic N) is 4. The van der Waals surface area contributed by atoms with E-state index in [1.54, 1.807) is 10.6 Å². The van der Waals surface area contributed by atoms with Crippen LogP contribution >= 0.6 is 0 Å². The Morgan fingerprint density at radius 1 is 1.14 bits per heavy atom. The fourth-order valence-electron chi connectivity index (χ4n) is 2.37. The van der Waals surface area contributed by atoms with E-state index in [2.05, 4.69) is 9.97 Å². The largest absolute Gasteiger partial charge is 0.274 e. The molecule has 0 spiro atoms. The first-order valence-electron chi connectivity index (χ1n) is 7.07. The number of rotatable bonds is 3. The molecule has 0 N–H and O–H groups in total. The molecule has 0 unspecified atom stereocenters. The molecular weight excluding hydrogens is 264 g/mol.